The summed E-state index contributed by atoms with van der Waals surface area (Å²) in [6.45, 7) is 5.30. The van der Waals surface area contributed by atoms with Crippen molar-refractivity contribution in [2.24, 2.45) is 0 Å². The molecule has 0 spiro atoms. The molecule has 0 saturated carbocycles. The number of nitrogens with zero attached hydrogens (tertiary/aromatic N) is 3. The minimum atomic E-state index is -0.387. The third kappa shape index (κ3) is 2.53. The van der Waals surface area contributed by atoms with Gasteiger partial charge in [0.15, 0.2) is 11.6 Å². The summed E-state index contributed by atoms with van der Waals surface area (Å²) in [5.74, 6) is 0.401. The quantitative estimate of drug-likeness (QED) is 0.889. The predicted octanol–water partition coefficient (Wildman–Crippen LogP) is 1.66. The fourth-order valence-electron chi connectivity index (χ4n) is 2.12. The Kier molecular flexibility index (Phi) is 3.96. The van der Waals surface area contributed by atoms with Gasteiger partial charge in [0.05, 0.1) is 24.9 Å². The summed E-state index contributed by atoms with van der Waals surface area (Å²) < 4.78 is 19.5. The zero-order valence-corrected chi connectivity index (χ0v) is 11.0. The van der Waals surface area contributed by atoms with E-state index in [9.17, 15) is 4.39 Å². The fraction of sp³-hybridized carbons (Fsp3) is 0.667. The molecule has 0 aliphatic carbocycles. The van der Waals surface area contributed by atoms with Crippen LogP contribution in [0.5, 0.6) is 0 Å². The third-order valence-electron chi connectivity index (χ3n) is 3.16. The summed E-state index contributed by atoms with van der Waals surface area (Å²) in [5.41, 5.74) is 0. The molecule has 6 heteroatoms. The van der Waals surface area contributed by atoms with Gasteiger partial charge in [-0.05, 0) is 13.3 Å². The van der Waals surface area contributed by atoms with Crippen molar-refractivity contribution in [3.8, 4) is 0 Å². The zero-order chi connectivity index (χ0) is 13.1. The van der Waals surface area contributed by atoms with Gasteiger partial charge >= 0.3 is 0 Å². The lowest BCUT2D eigenvalue weighted by Crippen LogP contribution is -2.49. The number of aromatic nitrogens is 2. The summed E-state index contributed by atoms with van der Waals surface area (Å²) in [6, 6.07) is 0.162. The molecule has 18 heavy (non-hydrogen) atoms. The van der Waals surface area contributed by atoms with Crippen LogP contribution in [0.3, 0.4) is 0 Å². The Balaban J connectivity index is 2.32. The van der Waals surface area contributed by atoms with Crippen molar-refractivity contribution in [1.29, 1.82) is 0 Å². The van der Waals surface area contributed by atoms with Crippen molar-refractivity contribution in [2.45, 2.75) is 32.4 Å². The topological polar surface area (TPSA) is 50.3 Å². The molecular formula is C12H19FN4O. The number of morpholine rings is 1. The van der Waals surface area contributed by atoms with E-state index in [2.05, 4.69) is 22.2 Å². The van der Waals surface area contributed by atoms with Crippen molar-refractivity contribution in [2.75, 3.05) is 30.4 Å². The molecule has 0 amide bonds. The number of halogens is 1. The number of ether oxygens (including phenoxy) is 1. The number of anilines is 2. The second kappa shape index (κ2) is 5.48. The Hall–Kier alpha value is -1.43. The van der Waals surface area contributed by atoms with Crippen LogP contribution in [0.15, 0.2) is 6.20 Å². The molecule has 100 valence electrons. The van der Waals surface area contributed by atoms with Gasteiger partial charge in [-0.1, -0.05) is 6.92 Å². The smallest absolute Gasteiger partial charge is 0.224 e. The molecule has 1 fully saturated rings. The van der Waals surface area contributed by atoms with E-state index in [0.29, 0.717) is 24.9 Å². The molecule has 5 nitrogen and oxygen atoms in total. The van der Waals surface area contributed by atoms with Gasteiger partial charge in [-0.25, -0.2) is 9.37 Å². The van der Waals surface area contributed by atoms with Crippen LogP contribution in [0, 0.1) is 5.82 Å². The lowest BCUT2D eigenvalue weighted by atomic mass is 10.1. The van der Waals surface area contributed by atoms with E-state index in [1.807, 2.05) is 11.8 Å². The lowest BCUT2D eigenvalue weighted by molar-refractivity contribution is 0.0293. The molecule has 2 unspecified atom stereocenters. The molecule has 2 heterocycles. The van der Waals surface area contributed by atoms with Crippen LogP contribution in [0.25, 0.3) is 0 Å². The van der Waals surface area contributed by atoms with Crippen LogP contribution in [0.4, 0.5) is 16.2 Å². The highest BCUT2D eigenvalue weighted by Gasteiger charge is 2.28. The van der Waals surface area contributed by atoms with Crippen LogP contribution >= 0.6 is 0 Å². The number of hydrogen-bond acceptors (Lipinski definition) is 5. The summed E-state index contributed by atoms with van der Waals surface area (Å²) in [5, 5.41) is 2.83. The first-order chi connectivity index (χ1) is 8.65. The van der Waals surface area contributed by atoms with Crippen molar-refractivity contribution in [3.63, 3.8) is 0 Å². The standard InChI is InChI=1S/C12H19FN4O/c1-4-9-7-18-8(2)6-17(9)11-10(13)5-15-12(14-3)16-11/h5,8-9H,4,6-7H2,1-3H3,(H,14,15,16). The molecule has 1 aliphatic rings. The predicted molar refractivity (Wildman–Crippen MR) is 68.4 cm³/mol. The largest absolute Gasteiger partial charge is 0.375 e. The van der Waals surface area contributed by atoms with E-state index in [-0.39, 0.29) is 18.0 Å². The molecular weight excluding hydrogens is 235 g/mol. The van der Waals surface area contributed by atoms with E-state index in [1.165, 1.54) is 6.20 Å². The highest BCUT2D eigenvalue weighted by atomic mass is 19.1. The van der Waals surface area contributed by atoms with Gasteiger partial charge < -0.3 is 15.0 Å². The molecule has 1 aromatic heterocycles. The summed E-state index contributed by atoms with van der Waals surface area (Å²) >= 11 is 0. The van der Waals surface area contributed by atoms with Crippen molar-refractivity contribution in [1.82, 2.24) is 9.97 Å². The van der Waals surface area contributed by atoms with Gasteiger partial charge in [0.1, 0.15) is 0 Å². The number of nitrogens with one attached hydrogen (secondary N) is 1. The molecule has 1 N–H and O–H groups in total. The first kappa shape index (κ1) is 13.0. The van der Waals surface area contributed by atoms with E-state index < -0.39 is 0 Å². The monoisotopic (exact) mass is 254 g/mol. The minimum absolute atomic E-state index is 0.0835. The molecule has 2 atom stereocenters. The maximum absolute atomic E-state index is 13.9. The van der Waals surface area contributed by atoms with Gasteiger partial charge in [-0.2, -0.15) is 4.98 Å². The van der Waals surface area contributed by atoms with Crippen molar-refractivity contribution < 1.29 is 9.13 Å². The van der Waals surface area contributed by atoms with E-state index >= 15 is 0 Å². The van der Waals surface area contributed by atoms with Crippen LogP contribution in [-0.2, 0) is 4.74 Å². The van der Waals surface area contributed by atoms with Gasteiger partial charge in [0.25, 0.3) is 0 Å². The molecule has 1 aliphatic heterocycles. The van der Waals surface area contributed by atoms with Gasteiger partial charge in [0.2, 0.25) is 5.95 Å². The second-order valence-electron chi connectivity index (χ2n) is 4.47. The molecule has 2 rings (SSSR count). The lowest BCUT2D eigenvalue weighted by Gasteiger charge is -2.39. The molecule has 0 radical (unpaired) electrons. The summed E-state index contributed by atoms with van der Waals surface area (Å²) in [4.78, 5) is 10.1. The maximum Gasteiger partial charge on any atom is 0.224 e. The van der Waals surface area contributed by atoms with Gasteiger partial charge in [-0.3, -0.25) is 0 Å². The Bertz CT molecular complexity index is 415. The molecule has 0 bridgehead atoms. The maximum atomic E-state index is 13.9. The number of hydrogen-bond donors (Lipinski definition) is 1. The first-order valence-electron chi connectivity index (χ1n) is 6.24. The molecule has 1 saturated heterocycles. The third-order valence-corrected chi connectivity index (χ3v) is 3.16. The first-order valence-corrected chi connectivity index (χ1v) is 6.24. The average molecular weight is 254 g/mol. The Labute approximate surface area is 106 Å². The van der Waals surface area contributed by atoms with E-state index in [1.54, 1.807) is 7.05 Å². The van der Waals surface area contributed by atoms with Crippen LogP contribution in [0.2, 0.25) is 0 Å². The normalized spacial score (nSPS) is 24.1. The Morgan fingerprint density at radius 3 is 3.06 bits per heavy atom. The van der Waals surface area contributed by atoms with Gasteiger partial charge in [-0.15, -0.1) is 0 Å². The van der Waals surface area contributed by atoms with Gasteiger partial charge in [0, 0.05) is 13.6 Å². The number of rotatable bonds is 3. The Morgan fingerprint density at radius 1 is 1.61 bits per heavy atom. The second-order valence-corrected chi connectivity index (χ2v) is 4.47. The molecule has 1 aromatic rings. The van der Waals surface area contributed by atoms with Crippen LogP contribution in [-0.4, -0.2) is 42.3 Å². The average Bonchev–Trinajstić information content (AvgIpc) is 2.39. The fourth-order valence-corrected chi connectivity index (χ4v) is 2.12. The minimum Gasteiger partial charge on any atom is -0.375 e. The SMILES string of the molecule is CCC1COC(C)CN1c1nc(NC)ncc1F. The van der Waals surface area contributed by atoms with Crippen molar-refractivity contribution >= 4 is 11.8 Å². The zero-order valence-electron chi connectivity index (χ0n) is 11.0. The Morgan fingerprint density at radius 2 is 2.39 bits per heavy atom. The highest BCUT2D eigenvalue weighted by Crippen LogP contribution is 2.24. The summed E-state index contributed by atoms with van der Waals surface area (Å²) in [6.07, 6.45) is 2.19. The summed E-state index contributed by atoms with van der Waals surface area (Å²) in [7, 11) is 1.72. The van der Waals surface area contributed by atoms with Crippen LogP contribution in [0.1, 0.15) is 20.3 Å². The van der Waals surface area contributed by atoms with Crippen molar-refractivity contribution in [3.05, 3.63) is 12.0 Å². The molecule has 0 aromatic carbocycles. The van der Waals surface area contributed by atoms with Crippen LogP contribution < -0.4 is 10.2 Å². The van der Waals surface area contributed by atoms with E-state index in [4.69, 9.17) is 4.74 Å². The highest BCUT2D eigenvalue weighted by molar-refractivity contribution is 5.45. The van der Waals surface area contributed by atoms with E-state index in [0.717, 1.165) is 6.42 Å².